The Morgan fingerprint density at radius 1 is 1.20 bits per heavy atom. The molecule has 0 atom stereocenters. The fourth-order valence-corrected chi connectivity index (χ4v) is 2.29. The first-order valence-electron chi connectivity index (χ1n) is 6.80. The zero-order valence-corrected chi connectivity index (χ0v) is 17.8. The van der Waals surface area contributed by atoms with E-state index in [0.717, 1.165) is 19.3 Å². The molecule has 0 aliphatic heterocycles. The molecule has 0 aromatic carbocycles. The Labute approximate surface area is 152 Å². The molecule has 2 aliphatic carbocycles. The Morgan fingerprint density at radius 2 is 1.80 bits per heavy atom. The molecule has 0 radical (unpaired) electrons. The van der Waals surface area contributed by atoms with E-state index in [0.29, 0.717) is 0 Å². The predicted octanol–water partition coefficient (Wildman–Crippen LogP) is -1.09. The number of halogens is 2. The van der Waals surface area contributed by atoms with E-state index in [4.69, 9.17) is 0 Å². The molecule has 110 valence electrons. The van der Waals surface area contributed by atoms with Gasteiger partial charge in [-0.15, -0.1) is 17.2 Å². The van der Waals surface area contributed by atoms with Crippen LogP contribution in [0.5, 0.6) is 0 Å². The van der Waals surface area contributed by atoms with Crippen LogP contribution in [-0.2, 0) is 23.3 Å². The molecule has 0 nitrogen and oxygen atoms in total. The van der Waals surface area contributed by atoms with Crippen molar-refractivity contribution in [3.8, 4) is 0 Å². The number of hydrogen-bond acceptors (Lipinski definition) is 0. The smallest absolute Gasteiger partial charge is 1.00 e. The summed E-state index contributed by atoms with van der Waals surface area (Å²) in [6.45, 7) is 9.11. The Morgan fingerprint density at radius 3 is 2.20 bits per heavy atom. The molecule has 0 amide bonds. The van der Waals surface area contributed by atoms with Crippen LogP contribution in [0, 0.1) is 6.08 Å². The fraction of sp³-hybridized carbons (Fsp3) is 0.500. The van der Waals surface area contributed by atoms with Crippen molar-refractivity contribution >= 4 is 5.43 Å². The summed E-state index contributed by atoms with van der Waals surface area (Å²) in [5, 5.41) is 0. The molecule has 0 aromatic heterocycles. The topological polar surface area (TPSA) is 0 Å². The van der Waals surface area contributed by atoms with Gasteiger partial charge in [-0.2, -0.15) is 17.2 Å². The Kier molecular flexibility index (Phi) is 14.0. The van der Waals surface area contributed by atoms with Gasteiger partial charge in [0.25, 0.3) is 0 Å². The third kappa shape index (κ3) is 7.07. The van der Waals surface area contributed by atoms with Crippen LogP contribution in [0.2, 0.25) is 13.1 Å². The van der Waals surface area contributed by atoms with Gasteiger partial charge in [-0.3, -0.25) is 0 Å². The summed E-state index contributed by atoms with van der Waals surface area (Å²) in [4.78, 5) is 0. The monoisotopic (exact) mass is 403 g/mol. The van der Waals surface area contributed by atoms with Crippen molar-refractivity contribution in [1.82, 2.24) is 0 Å². The van der Waals surface area contributed by atoms with E-state index in [1.807, 2.05) is 0 Å². The van der Waals surface area contributed by atoms with E-state index < -0.39 is 0 Å². The van der Waals surface area contributed by atoms with Crippen LogP contribution in [0.15, 0.2) is 40.5 Å². The molecule has 2 aliphatic rings. The fourth-order valence-electron chi connectivity index (χ4n) is 2.29. The molecule has 0 saturated carbocycles. The van der Waals surface area contributed by atoms with Crippen LogP contribution in [0.3, 0.4) is 0 Å². The molecule has 0 N–H and O–H groups in total. The van der Waals surface area contributed by atoms with Gasteiger partial charge < -0.3 is 24.8 Å². The van der Waals surface area contributed by atoms with Gasteiger partial charge in [-0.25, -0.2) is 0 Å². The van der Waals surface area contributed by atoms with Gasteiger partial charge in [0, 0.05) is 0 Å². The average molecular weight is 406 g/mol. The number of allylic oxidation sites excluding steroid dienone is 8. The van der Waals surface area contributed by atoms with Crippen molar-refractivity contribution in [2.45, 2.75) is 52.6 Å². The van der Waals surface area contributed by atoms with E-state index in [1.165, 1.54) is 17.6 Å². The molecular weight excluding hydrogens is 382 g/mol. The largest absolute Gasteiger partial charge is 1.00 e. The Hall–Kier alpha value is 0.640. The van der Waals surface area contributed by atoms with Gasteiger partial charge in [0.05, 0.1) is 0 Å². The number of rotatable bonds is 3. The summed E-state index contributed by atoms with van der Waals surface area (Å²) in [5.74, 6) is 0. The number of hydrogen-bond donors (Lipinski definition) is 0. The maximum absolute atomic E-state index is 3.53. The van der Waals surface area contributed by atoms with Crippen LogP contribution in [0.1, 0.15) is 39.5 Å². The molecule has 0 bridgehead atoms. The van der Waals surface area contributed by atoms with Gasteiger partial charge in [-0.1, -0.05) is 45.3 Å². The predicted molar refractivity (Wildman–Crippen MR) is 78.3 cm³/mol. The first-order valence-corrected chi connectivity index (χ1v) is 13.0. The third-order valence-electron chi connectivity index (χ3n) is 3.08. The van der Waals surface area contributed by atoms with Crippen LogP contribution < -0.4 is 24.8 Å². The molecule has 0 unspecified atom stereocenters. The van der Waals surface area contributed by atoms with Crippen molar-refractivity contribution < 1.29 is 48.1 Å². The summed E-state index contributed by atoms with van der Waals surface area (Å²) in [6.07, 6.45) is 14.6. The first kappa shape index (κ1) is 22.9. The van der Waals surface area contributed by atoms with Crippen LogP contribution >= 0.6 is 0 Å². The summed E-state index contributed by atoms with van der Waals surface area (Å²) in [7, 11) is 0. The summed E-state index contributed by atoms with van der Waals surface area (Å²) >= 11 is 1.74. The second kappa shape index (κ2) is 12.2. The third-order valence-corrected chi connectivity index (χ3v) is 3.08. The van der Waals surface area contributed by atoms with Crippen LogP contribution in [0.25, 0.3) is 0 Å². The molecule has 0 heterocycles. The van der Waals surface area contributed by atoms with Crippen LogP contribution in [-0.4, -0.2) is 5.43 Å². The first-order chi connectivity index (χ1) is 8.60. The van der Waals surface area contributed by atoms with Crippen molar-refractivity contribution in [3.63, 3.8) is 0 Å². The zero-order chi connectivity index (χ0) is 13.5. The molecular formula is C16H23Cl2SiZr-. The average Bonchev–Trinajstić information content (AvgIpc) is 2.96. The Balaban J connectivity index is 0. The molecule has 2 rings (SSSR count). The summed E-state index contributed by atoms with van der Waals surface area (Å²) in [6, 6.07) is 0. The van der Waals surface area contributed by atoms with E-state index in [-0.39, 0.29) is 30.2 Å². The zero-order valence-electron chi connectivity index (χ0n) is 12.8. The van der Waals surface area contributed by atoms with Gasteiger partial charge in [0.2, 0.25) is 0 Å². The maximum atomic E-state index is 3.53. The molecule has 0 aromatic rings. The molecule has 0 fully saturated rings. The standard InChI is InChI=1S/C14H17.C2H6Si.2ClH.Zr/c1-3-11-9-10-14(13(11)4-2)12-7-5-6-8-12;1-3-2;;;/h5-7H,3-4,8-9H2,1-2H3;1-2H3;2*1H;/q-1;;;;+2/p-2. The van der Waals surface area contributed by atoms with E-state index in [9.17, 15) is 0 Å². The normalized spacial score (nSPS) is 15.7. The van der Waals surface area contributed by atoms with Gasteiger partial charge >= 0.3 is 41.9 Å². The van der Waals surface area contributed by atoms with Crippen molar-refractivity contribution in [3.05, 3.63) is 46.6 Å². The second-order valence-electron chi connectivity index (χ2n) is 4.84. The van der Waals surface area contributed by atoms with E-state index in [2.05, 4.69) is 51.2 Å². The quantitative estimate of drug-likeness (QED) is 0.414. The molecule has 20 heavy (non-hydrogen) atoms. The van der Waals surface area contributed by atoms with Crippen LogP contribution in [0.4, 0.5) is 0 Å². The van der Waals surface area contributed by atoms with Gasteiger partial charge in [0.15, 0.2) is 0 Å². The van der Waals surface area contributed by atoms with Gasteiger partial charge in [-0.05, 0) is 6.42 Å². The molecule has 0 saturated heterocycles. The minimum atomic E-state index is 0. The Bertz CT molecular complexity index is 441. The molecule has 4 heteroatoms. The SMILES string of the molecule is CCC1=C(CC)C(C2=CC=CC2)=[C-]C1.C[Si](C)=[Zr+2].[Cl-].[Cl-]. The van der Waals surface area contributed by atoms with Gasteiger partial charge in [0.1, 0.15) is 0 Å². The van der Waals surface area contributed by atoms with E-state index in [1.54, 1.807) is 34.5 Å². The maximum Gasteiger partial charge on any atom is -1.00 e. The minimum absolute atomic E-state index is 0. The minimum Gasteiger partial charge on any atom is -1.00 e. The second-order valence-corrected chi connectivity index (χ2v) is 14.2. The molecule has 0 spiro atoms. The van der Waals surface area contributed by atoms with E-state index >= 15 is 0 Å². The summed E-state index contributed by atoms with van der Waals surface area (Å²) in [5.41, 5.74) is 6.24. The van der Waals surface area contributed by atoms with Crippen molar-refractivity contribution in [1.29, 1.82) is 0 Å². The van der Waals surface area contributed by atoms with Crippen molar-refractivity contribution in [2.24, 2.45) is 0 Å². The van der Waals surface area contributed by atoms with Crippen molar-refractivity contribution in [2.75, 3.05) is 0 Å². The summed E-state index contributed by atoms with van der Waals surface area (Å²) < 4.78 is 0.